The summed E-state index contributed by atoms with van der Waals surface area (Å²) in [5.41, 5.74) is -0.774. The van der Waals surface area contributed by atoms with Crippen molar-refractivity contribution < 1.29 is 22.4 Å². The molecule has 0 aromatic heterocycles. The van der Waals surface area contributed by atoms with E-state index in [4.69, 9.17) is 0 Å². The SMILES string of the molecule is CN1C(=O)N=C2C=C(F)C(S(=O)(=O)NC3(C)CC3)C=C2C1=O. The number of imide groups is 1. The zero-order chi connectivity index (χ0) is 16.3. The van der Waals surface area contributed by atoms with Crippen LogP contribution in [0, 0.1) is 0 Å². The van der Waals surface area contributed by atoms with E-state index in [1.54, 1.807) is 6.92 Å². The molecule has 0 aromatic rings. The van der Waals surface area contributed by atoms with Crippen LogP contribution in [-0.2, 0) is 14.8 Å². The maximum Gasteiger partial charge on any atom is 0.350 e. The van der Waals surface area contributed by atoms with Crippen molar-refractivity contribution in [1.82, 2.24) is 9.62 Å². The number of halogens is 1. The van der Waals surface area contributed by atoms with Crippen LogP contribution in [0.2, 0.25) is 0 Å². The molecule has 0 aromatic carbocycles. The third kappa shape index (κ3) is 2.40. The highest BCUT2D eigenvalue weighted by Gasteiger charge is 2.45. The molecule has 1 atom stereocenters. The molecule has 3 amide bonds. The van der Waals surface area contributed by atoms with Crippen molar-refractivity contribution >= 4 is 27.7 Å². The summed E-state index contributed by atoms with van der Waals surface area (Å²) in [6, 6.07) is -0.814. The molecule has 1 fully saturated rings. The van der Waals surface area contributed by atoms with Gasteiger partial charge in [0.1, 0.15) is 11.1 Å². The number of likely N-dealkylation sites (N-methyl/N-ethyl adjacent to an activating group) is 1. The molecule has 0 radical (unpaired) electrons. The maximum atomic E-state index is 14.1. The first-order chi connectivity index (χ1) is 10.1. The highest BCUT2D eigenvalue weighted by molar-refractivity contribution is 7.90. The summed E-state index contributed by atoms with van der Waals surface area (Å²) in [6.07, 6.45) is 3.21. The number of fused-ring (bicyclic) bond motifs is 1. The monoisotopic (exact) mass is 327 g/mol. The van der Waals surface area contributed by atoms with E-state index in [1.807, 2.05) is 0 Å². The normalized spacial score (nSPS) is 27.0. The molecular weight excluding hydrogens is 313 g/mol. The van der Waals surface area contributed by atoms with Crippen molar-refractivity contribution in [1.29, 1.82) is 0 Å². The fraction of sp³-hybridized carbons (Fsp3) is 0.462. The van der Waals surface area contributed by atoms with E-state index in [1.165, 1.54) is 7.05 Å². The Morgan fingerprint density at radius 2 is 2.05 bits per heavy atom. The zero-order valence-electron chi connectivity index (χ0n) is 12.0. The van der Waals surface area contributed by atoms with E-state index in [0.717, 1.165) is 17.1 Å². The second-order valence-corrected chi connectivity index (χ2v) is 7.68. The number of nitrogens with zero attached hydrogens (tertiary/aromatic N) is 2. The van der Waals surface area contributed by atoms with Crippen LogP contribution >= 0.6 is 0 Å². The third-order valence-electron chi connectivity index (χ3n) is 3.90. The zero-order valence-corrected chi connectivity index (χ0v) is 12.8. The molecule has 1 saturated carbocycles. The summed E-state index contributed by atoms with van der Waals surface area (Å²) >= 11 is 0. The van der Waals surface area contributed by atoms with E-state index in [0.29, 0.717) is 12.8 Å². The Morgan fingerprint density at radius 1 is 1.41 bits per heavy atom. The molecule has 1 heterocycles. The minimum Gasteiger partial charge on any atom is -0.268 e. The average molecular weight is 327 g/mol. The number of amides is 3. The molecule has 1 aliphatic heterocycles. The number of urea groups is 1. The lowest BCUT2D eigenvalue weighted by atomic mass is 10.00. The third-order valence-corrected chi connectivity index (χ3v) is 5.71. The van der Waals surface area contributed by atoms with Gasteiger partial charge in [0.2, 0.25) is 10.0 Å². The lowest BCUT2D eigenvalue weighted by Crippen LogP contribution is -2.44. The molecule has 2 aliphatic carbocycles. The van der Waals surface area contributed by atoms with E-state index >= 15 is 0 Å². The summed E-state index contributed by atoms with van der Waals surface area (Å²) in [6.45, 7) is 1.73. The molecule has 1 unspecified atom stereocenters. The Balaban J connectivity index is 2.00. The quantitative estimate of drug-likeness (QED) is 0.823. The average Bonchev–Trinajstić information content (AvgIpc) is 3.11. The molecule has 0 spiro atoms. The van der Waals surface area contributed by atoms with Crippen molar-refractivity contribution in [3.63, 3.8) is 0 Å². The standard InChI is InChI=1S/C13H14FN3O4S/c1-13(3-4-13)16-22(20,21)10-5-7-9(6-8(10)14)15-12(19)17(2)11(7)18/h5-6,10,16H,3-4H2,1-2H3. The van der Waals surface area contributed by atoms with Crippen molar-refractivity contribution in [2.45, 2.75) is 30.6 Å². The number of rotatable bonds is 3. The number of hydrogen-bond donors (Lipinski definition) is 1. The van der Waals surface area contributed by atoms with Crippen LogP contribution < -0.4 is 4.72 Å². The number of carbonyl (C=O) groups is 2. The number of hydrogen-bond acceptors (Lipinski definition) is 4. The highest BCUT2D eigenvalue weighted by atomic mass is 32.2. The van der Waals surface area contributed by atoms with Crippen LogP contribution in [0.3, 0.4) is 0 Å². The van der Waals surface area contributed by atoms with Crippen molar-refractivity contribution in [3.05, 3.63) is 23.6 Å². The van der Waals surface area contributed by atoms with Gasteiger partial charge >= 0.3 is 6.03 Å². The van der Waals surface area contributed by atoms with Crippen LogP contribution in [0.5, 0.6) is 0 Å². The summed E-state index contributed by atoms with van der Waals surface area (Å²) in [7, 11) is -2.78. The Bertz CT molecular complexity index is 777. The predicted octanol–water partition coefficient (Wildman–Crippen LogP) is 0.653. The Kier molecular flexibility index (Phi) is 3.12. The number of aliphatic imine (C=N–C) groups is 1. The van der Waals surface area contributed by atoms with E-state index in [9.17, 15) is 22.4 Å². The molecule has 3 aliphatic rings. The number of allylic oxidation sites excluding steroid dienone is 1. The van der Waals surface area contributed by atoms with Gasteiger partial charge in [-0.2, -0.15) is 4.99 Å². The largest absolute Gasteiger partial charge is 0.350 e. The fourth-order valence-corrected chi connectivity index (χ4v) is 3.96. The van der Waals surface area contributed by atoms with E-state index < -0.39 is 38.6 Å². The molecule has 9 heteroatoms. The molecule has 7 nitrogen and oxygen atoms in total. The van der Waals surface area contributed by atoms with Gasteiger partial charge in [0.25, 0.3) is 5.91 Å². The van der Waals surface area contributed by atoms with Gasteiger partial charge in [-0.1, -0.05) is 0 Å². The van der Waals surface area contributed by atoms with Gasteiger partial charge in [-0.05, 0) is 31.9 Å². The van der Waals surface area contributed by atoms with Gasteiger partial charge in [-0.25, -0.2) is 22.3 Å². The van der Waals surface area contributed by atoms with Crippen LogP contribution in [0.1, 0.15) is 19.8 Å². The van der Waals surface area contributed by atoms with E-state index in [2.05, 4.69) is 9.71 Å². The number of nitrogens with one attached hydrogen (secondary N) is 1. The van der Waals surface area contributed by atoms with Gasteiger partial charge in [0.15, 0.2) is 0 Å². The van der Waals surface area contributed by atoms with Gasteiger partial charge in [-0.3, -0.25) is 9.69 Å². The first-order valence-corrected chi connectivity index (χ1v) is 8.20. The number of sulfonamides is 1. The minimum atomic E-state index is -4.01. The van der Waals surface area contributed by atoms with Crippen molar-refractivity contribution in [2.24, 2.45) is 4.99 Å². The minimum absolute atomic E-state index is 0.0835. The van der Waals surface area contributed by atoms with Gasteiger partial charge in [0, 0.05) is 12.6 Å². The topological polar surface area (TPSA) is 95.9 Å². The molecule has 0 bridgehead atoms. The molecular formula is C13H14FN3O4S. The molecule has 3 rings (SSSR count). The lowest BCUT2D eigenvalue weighted by Gasteiger charge is -2.26. The first-order valence-electron chi connectivity index (χ1n) is 6.66. The summed E-state index contributed by atoms with van der Waals surface area (Å²) in [4.78, 5) is 27.8. The van der Waals surface area contributed by atoms with Crippen molar-refractivity contribution in [3.8, 4) is 0 Å². The second kappa shape index (κ2) is 4.56. The molecule has 22 heavy (non-hydrogen) atoms. The second-order valence-electron chi connectivity index (χ2n) is 5.88. The van der Waals surface area contributed by atoms with Gasteiger partial charge in [-0.15, -0.1) is 0 Å². The smallest absolute Gasteiger partial charge is 0.268 e. The highest BCUT2D eigenvalue weighted by Crippen LogP contribution is 2.37. The van der Waals surface area contributed by atoms with Crippen LogP contribution in [-0.4, -0.2) is 48.8 Å². The van der Waals surface area contributed by atoms with Crippen LogP contribution in [0.15, 0.2) is 28.5 Å². The first kappa shape index (κ1) is 15.0. The van der Waals surface area contributed by atoms with Gasteiger partial charge in [0.05, 0.1) is 11.3 Å². The maximum absolute atomic E-state index is 14.1. The van der Waals surface area contributed by atoms with Gasteiger partial charge < -0.3 is 0 Å². The predicted molar refractivity (Wildman–Crippen MR) is 76.4 cm³/mol. The summed E-state index contributed by atoms with van der Waals surface area (Å²) in [5, 5.41) is -1.59. The molecule has 1 N–H and O–H groups in total. The summed E-state index contributed by atoms with van der Waals surface area (Å²) < 4.78 is 41.2. The van der Waals surface area contributed by atoms with Crippen LogP contribution in [0.25, 0.3) is 0 Å². The Labute approximate surface area is 126 Å². The Morgan fingerprint density at radius 3 is 2.64 bits per heavy atom. The number of carbonyl (C=O) groups excluding carboxylic acids is 2. The van der Waals surface area contributed by atoms with Crippen LogP contribution in [0.4, 0.5) is 9.18 Å². The fourth-order valence-electron chi connectivity index (χ4n) is 2.26. The molecule has 0 saturated heterocycles. The Hall–Kier alpha value is -1.87. The van der Waals surface area contributed by atoms with Crippen molar-refractivity contribution in [2.75, 3.05) is 7.05 Å². The van der Waals surface area contributed by atoms with E-state index in [-0.39, 0.29) is 11.3 Å². The lowest BCUT2D eigenvalue weighted by molar-refractivity contribution is -0.122. The molecule has 118 valence electrons. The summed E-state index contributed by atoms with van der Waals surface area (Å²) in [5.74, 6) is -1.67.